The SMILES string of the molecule is Cc1nc(C(NC(=O)C(=O)Nc2ccc(C(F)(F)F)cc2)C2CCCCN2)sc1CCO.Cl.Cl. The second-order valence-corrected chi connectivity index (χ2v) is 8.69. The molecule has 2 heterocycles. The third kappa shape index (κ3) is 7.81. The van der Waals surface area contributed by atoms with Gasteiger partial charge >= 0.3 is 18.0 Å². The van der Waals surface area contributed by atoms with Crippen molar-refractivity contribution in [2.75, 3.05) is 18.5 Å². The van der Waals surface area contributed by atoms with Crippen LogP contribution in [-0.2, 0) is 22.2 Å². The maximum absolute atomic E-state index is 12.7. The fourth-order valence-electron chi connectivity index (χ4n) is 3.55. The van der Waals surface area contributed by atoms with Gasteiger partial charge in [-0.15, -0.1) is 36.2 Å². The summed E-state index contributed by atoms with van der Waals surface area (Å²) in [7, 11) is 0. The maximum Gasteiger partial charge on any atom is 0.416 e. The van der Waals surface area contributed by atoms with E-state index in [1.165, 1.54) is 11.3 Å². The summed E-state index contributed by atoms with van der Waals surface area (Å²) >= 11 is 1.38. The number of anilines is 1. The molecule has 2 aromatic rings. The fraction of sp³-hybridized carbons (Fsp3) is 0.476. The van der Waals surface area contributed by atoms with Gasteiger partial charge in [0.25, 0.3) is 0 Å². The van der Waals surface area contributed by atoms with Crippen molar-refractivity contribution < 1.29 is 27.9 Å². The number of hydrogen-bond acceptors (Lipinski definition) is 6. The van der Waals surface area contributed by atoms with Crippen molar-refractivity contribution in [1.29, 1.82) is 0 Å². The quantitative estimate of drug-likeness (QED) is 0.416. The van der Waals surface area contributed by atoms with Crippen molar-refractivity contribution >= 4 is 53.7 Å². The summed E-state index contributed by atoms with van der Waals surface area (Å²) in [6, 6.07) is 3.21. The molecule has 1 saturated heterocycles. The molecule has 0 spiro atoms. The van der Waals surface area contributed by atoms with E-state index in [0.717, 1.165) is 60.6 Å². The van der Waals surface area contributed by atoms with Crippen LogP contribution in [0.3, 0.4) is 0 Å². The molecule has 1 aliphatic rings. The number of aromatic nitrogens is 1. The lowest BCUT2D eigenvalue weighted by molar-refractivity contribution is -0.137. The third-order valence-electron chi connectivity index (χ3n) is 5.23. The first-order chi connectivity index (χ1) is 15.2. The molecule has 1 aromatic heterocycles. The number of alkyl halides is 3. The third-order valence-corrected chi connectivity index (χ3v) is 6.53. The molecule has 1 aliphatic heterocycles. The molecule has 2 unspecified atom stereocenters. The van der Waals surface area contributed by atoms with Gasteiger partial charge in [0, 0.05) is 29.6 Å². The predicted octanol–water partition coefficient (Wildman–Crippen LogP) is 3.79. The predicted molar refractivity (Wildman–Crippen MR) is 129 cm³/mol. The van der Waals surface area contributed by atoms with Gasteiger partial charge in [-0.1, -0.05) is 6.42 Å². The fourth-order valence-corrected chi connectivity index (χ4v) is 4.72. The standard InChI is InChI=1S/C21H25F3N4O3S.2ClH/c1-12-16(9-11-29)32-20(26-12)17(15-4-2-3-10-25-15)28-19(31)18(30)27-14-7-5-13(6-8-14)21(22,23)24;;/h5-8,15,17,25,29H,2-4,9-11H2,1H3,(H,27,30)(H,28,31);2*1H. The van der Waals surface area contributed by atoms with Crippen molar-refractivity contribution in [3.63, 3.8) is 0 Å². The van der Waals surface area contributed by atoms with Crippen LogP contribution in [0, 0.1) is 6.92 Å². The number of aliphatic hydroxyl groups is 1. The van der Waals surface area contributed by atoms with Crippen molar-refractivity contribution in [3.05, 3.63) is 45.4 Å². The van der Waals surface area contributed by atoms with Crippen LogP contribution in [0.25, 0.3) is 0 Å². The highest BCUT2D eigenvalue weighted by molar-refractivity contribution is 7.11. The minimum Gasteiger partial charge on any atom is -0.396 e. The van der Waals surface area contributed by atoms with Crippen LogP contribution in [0.5, 0.6) is 0 Å². The largest absolute Gasteiger partial charge is 0.416 e. The van der Waals surface area contributed by atoms with Crippen molar-refractivity contribution in [2.24, 2.45) is 0 Å². The summed E-state index contributed by atoms with van der Waals surface area (Å²) in [6.45, 7) is 2.59. The number of carbonyl (C=O) groups is 2. The number of rotatable bonds is 6. The Morgan fingerprint density at radius 1 is 1.21 bits per heavy atom. The lowest BCUT2D eigenvalue weighted by Crippen LogP contribution is -2.48. The van der Waals surface area contributed by atoms with Crippen LogP contribution in [0.4, 0.5) is 18.9 Å². The normalized spacial score (nSPS) is 16.6. The van der Waals surface area contributed by atoms with Crippen molar-refractivity contribution in [1.82, 2.24) is 15.6 Å². The molecule has 0 bridgehead atoms. The highest BCUT2D eigenvalue weighted by Crippen LogP contribution is 2.30. The van der Waals surface area contributed by atoms with E-state index in [0.29, 0.717) is 11.4 Å². The zero-order chi connectivity index (χ0) is 23.3. The second-order valence-electron chi connectivity index (χ2n) is 7.57. The molecule has 1 aromatic carbocycles. The number of nitrogens with one attached hydrogen (secondary N) is 3. The number of aliphatic hydroxyl groups excluding tert-OH is 1. The van der Waals surface area contributed by atoms with Gasteiger partial charge in [0.2, 0.25) is 0 Å². The minimum atomic E-state index is -4.49. The van der Waals surface area contributed by atoms with Gasteiger partial charge in [-0.05, 0) is 50.6 Å². The first-order valence-corrected chi connectivity index (χ1v) is 11.1. The van der Waals surface area contributed by atoms with Crippen molar-refractivity contribution in [3.8, 4) is 0 Å². The average Bonchev–Trinajstić information content (AvgIpc) is 3.12. The van der Waals surface area contributed by atoms with Crippen LogP contribution in [-0.4, -0.2) is 41.1 Å². The van der Waals surface area contributed by atoms with E-state index in [-0.39, 0.29) is 43.2 Å². The molecule has 34 heavy (non-hydrogen) atoms. The summed E-state index contributed by atoms with van der Waals surface area (Å²) in [4.78, 5) is 30.5. The zero-order valence-electron chi connectivity index (χ0n) is 18.3. The molecule has 2 amide bonds. The Labute approximate surface area is 211 Å². The summed E-state index contributed by atoms with van der Waals surface area (Å²) in [5, 5.41) is 18.3. The van der Waals surface area contributed by atoms with E-state index in [2.05, 4.69) is 20.9 Å². The van der Waals surface area contributed by atoms with Crippen LogP contribution >= 0.6 is 36.2 Å². The smallest absolute Gasteiger partial charge is 0.396 e. The average molecular weight is 543 g/mol. The van der Waals surface area contributed by atoms with Gasteiger partial charge < -0.3 is 21.1 Å². The lowest BCUT2D eigenvalue weighted by atomic mass is 9.98. The van der Waals surface area contributed by atoms with Gasteiger partial charge in [0.1, 0.15) is 5.01 Å². The Balaban J connectivity index is 0.00000289. The van der Waals surface area contributed by atoms with E-state index in [4.69, 9.17) is 0 Å². The molecular formula is C21H27Cl2F3N4O3S. The highest BCUT2D eigenvalue weighted by Gasteiger charge is 2.32. The summed E-state index contributed by atoms with van der Waals surface area (Å²) < 4.78 is 38.1. The van der Waals surface area contributed by atoms with E-state index < -0.39 is 29.6 Å². The second kappa shape index (κ2) is 13.2. The first kappa shape index (κ1) is 30.1. The number of nitrogens with zero attached hydrogens (tertiary/aromatic N) is 1. The first-order valence-electron chi connectivity index (χ1n) is 10.3. The Hall–Kier alpha value is -1.92. The Morgan fingerprint density at radius 2 is 1.88 bits per heavy atom. The van der Waals surface area contributed by atoms with Crippen LogP contribution in [0.15, 0.2) is 24.3 Å². The van der Waals surface area contributed by atoms with E-state index >= 15 is 0 Å². The number of piperidine rings is 1. The Bertz CT molecular complexity index is 952. The van der Waals surface area contributed by atoms with Gasteiger partial charge in [0.05, 0.1) is 17.3 Å². The molecule has 0 saturated carbocycles. The molecule has 1 fully saturated rings. The highest BCUT2D eigenvalue weighted by atomic mass is 35.5. The molecule has 7 nitrogen and oxygen atoms in total. The van der Waals surface area contributed by atoms with E-state index in [9.17, 15) is 27.9 Å². The number of thiazole rings is 1. The number of hydrogen-bond donors (Lipinski definition) is 4. The van der Waals surface area contributed by atoms with Gasteiger partial charge in [0.15, 0.2) is 0 Å². The molecule has 13 heteroatoms. The number of halogens is 5. The number of amides is 2. The van der Waals surface area contributed by atoms with Crippen LogP contribution in [0.2, 0.25) is 0 Å². The van der Waals surface area contributed by atoms with Crippen LogP contribution < -0.4 is 16.0 Å². The molecule has 190 valence electrons. The molecule has 3 rings (SSSR count). The van der Waals surface area contributed by atoms with Gasteiger partial charge in [-0.2, -0.15) is 13.2 Å². The number of aryl methyl sites for hydroxylation is 1. The number of benzene rings is 1. The van der Waals surface area contributed by atoms with Crippen molar-refractivity contribution in [2.45, 2.75) is 50.9 Å². The Morgan fingerprint density at radius 3 is 2.44 bits per heavy atom. The minimum absolute atomic E-state index is 0. The van der Waals surface area contributed by atoms with Crippen LogP contribution in [0.1, 0.15) is 46.4 Å². The zero-order valence-corrected chi connectivity index (χ0v) is 20.7. The Kier molecular flexibility index (Phi) is 11.7. The molecule has 2 atom stereocenters. The van der Waals surface area contributed by atoms with Gasteiger partial charge in [-0.3, -0.25) is 9.59 Å². The molecular weight excluding hydrogens is 516 g/mol. The maximum atomic E-state index is 12.7. The molecule has 0 aliphatic carbocycles. The topological polar surface area (TPSA) is 103 Å². The van der Waals surface area contributed by atoms with E-state index in [1.54, 1.807) is 0 Å². The summed E-state index contributed by atoms with van der Waals surface area (Å²) in [6.07, 6.45) is -1.26. The lowest BCUT2D eigenvalue weighted by Gasteiger charge is -2.30. The molecule has 0 radical (unpaired) electrons. The number of carbonyl (C=O) groups excluding carboxylic acids is 2. The monoisotopic (exact) mass is 542 g/mol. The molecule has 4 N–H and O–H groups in total. The van der Waals surface area contributed by atoms with E-state index in [1.807, 2.05) is 6.92 Å². The summed E-state index contributed by atoms with van der Waals surface area (Å²) in [5.41, 5.74) is 0.00495. The summed E-state index contributed by atoms with van der Waals surface area (Å²) in [5.74, 6) is -1.88. The van der Waals surface area contributed by atoms with Gasteiger partial charge in [-0.25, -0.2) is 4.98 Å².